The fraction of sp³-hybridized carbons (Fsp3) is 0.591. The summed E-state index contributed by atoms with van der Waals surface area (Å²) >= 11 is 0. The van der Waals surface area contributed by atoms with Crippen molar-refractivity contribution >= 4 is 10.9 Å². The van der Waals surface area contributed by atoms with Crippen molar-refractivity contribution in [3.05, 3.63) is 45.7 Å². The van der Waals surface area contributed by atoms with Crippen molar-refractivity contribution in [3.63, 3.8) is 0 Å². The highest BCUT2D eigenvalue weighted by atomic mass is 16.5. The Morgan fingerprint density at radius 1 is 1.15 bits per heavy atom. The van der Waals surface area contributed by atoms with Crippen LogP contribution in [0.2, 0.25) is 0 Å². The maximum atomic E-state index is 12.5. The van der Waals surface area contributed by atoms with Gasteiger partial charge in [0.25, 0.3) is 0 Å². The van der Waals surface area contributed by atoms with Crippen molar-refractivity contribution < 1.29 is 4.74 Å². The van der Waals surface area contributed by atoms with Gasteiger partial charge in [-0.05, 0) is 57.8 Å². The molecule has 4 rings (SSSR count). The molecule has 5 heteroatoms. The third kappa shape index (κ3) is 4.26. The zero-order chi connectivity index (χ0) is 18.8. The Bertz CT molecular complexity index is 833. The fourth-order valence-electron chi connectivity index (χ4n) is 4.62. The molecule has 1 aromatic heterocycles. The van der Waals surface area contributed by atoms with Gasteiger partial charge in [-0.3, -0.25) is 14.6 Å². The molecule has 1 aromatic carbocycles. The van der Waals surface area contributed by atoms with Crippen molar-refractivity contribution in [2.24, 2.45) is 5.92 Å². The van der Waals surface area contributed by atoms with Crippen LogP contribution < -0.4 is 5.43 Å². The minimum absolute atomic E-state index is 0.123. The largest absolute Gasteiger partial charge is 0.379 e. The Kier molecular flexibility index (Phi) is 5.62. The summed E-state index contributed by atoms with van der Waals surface area (Å²) in [5, 5.41) is 0.789. The van der Waals surface area contributed by atoms with Crippen LogP contribution in [0.4, 0.5) is 0 Å². The number of likely N-dealkylation sites (tertiary alicyclic amines) is 1. The van der Waals surface area contributed by atoms with E-state index in [-0.39, 0.29) is 5.43 Å². The summed E-state index contributed by atoms with van der Waals surface area (Å²) in [6, 6.07) is 8.47. The van der Waals surface area contributed by atoms with Gasteiger partial charge in [0, 0.05) is 48.3 Å². The summed E-state index contributed by atoms with van der Waals surface area (Å²) in [5.41, 5.74) is 3.21. The lowest BCUT2D eigenvalue weighted by atomic mass is 9.89. The number of piperidine rings is 1. The van der Waals surface area contributed by atoms with E-state index in [9.17, 15) is 4.79 Å². The van der Waals surface area contributed by atoms with Crippen molar-refractivity contribution in [1.29, 1.82) is 0 Å². The summed E-state index contributed by atoms with van der Waals surface area (Å²) in [4.78, 5) is 21.0. The van der Waals surface area contributed by atoms with E-state index in [1.54, 1.807) is 6.07 Å². The Morgan fingerprint density at radius 2 is 1.89 bits per heavy atom. The van der Waals surface area contributed by atoms with Crippen molar-refractivity contribution in [2.45, 2.75) is 39.3 Å². The van der Waals surface area contributed by atoms with Crippen molar-refractivity contribution in [2.75, 3.05) is 39.4 Å². The molecule has 2 aliphatic heterocycles. The quantitative estimate of drug-likeness (QED) is 0.900. The van der Waals surface area contributed by atoms with Crippen LogP contribution in [-0.2, 0) is 11.3 Å². The second-order valence-corrected chi connectivity index (χ2v) is 8.21. The second kappa shape index (κ2) is 8.13. The number of aromatic nitrogens is 1. The minimum Gasteiger partial charge on any atom is -0.379 e. The first kappa shape index (κ1) is 18.7. The van der Waals surface area contributed by atoms with Crippen LogP contribution in [-0.4, -0.2) is 60.2 Å². The van der Waals surface area contributed by atoms with E-state index in [0.29, 0.717) is 6.04 Å². The number of nitrogens with zero attached hydrogens (tertiary/aromatic N) is 2. The third-order valence-electron chi connectivity index (χ3n) is 6.37. The van der Waals surface area contributed by atoms with Crippen molar-refractivity contribution in [1.82, 2.24) is 14.8 Å². The lowest BCUT2D eigenvalue weighted by Crippen LogP contribution is -2.48. The fourth-order valence-corrected chi connectivity index (χ4v) is 4.62. The molecule has 2 saturated heterocycles. The first-order valence-corrected chi connectivity index (χ1v) is 10.3. The highest BCUT2D eigenvalue weighted by Gasteiger charge is 2.28. The van der Waals surface area contributed by atoms with Crippen LogP contribution >= 0.6 is 0 Å². The van der Waals surface area contributed by atoms with Gasteiger partial charge in [0.15, 0.2) is 5.43 Å². The Morgan fingerprint density at radius 3 is 2.63 bits per heavy atom. The average molecular weight is 370 g/mol. The number of aryl methyl sites for hydroxylation is 1. The number of rotatable bonds is 4. The normalized spacial score (nSPS) is 21.6. The molecule has 5 nitrogen and oxygen atoms in total. The van der Waals surface area contributed by atoms with E-state index < -0.39 is 0 Å². The van der Waals surface area contributed by atoms with Gasteiger partial charge in [-0.1, -0.05) is 11.6 Å². The molecule has 0 aliphatic carbocycles. The summed E-state index contributed by atoms with van der Waals surface area (Å²) < 4.78 is 5.49. The molecule has 2 fully saturated rings. The highest BCUT2D eigenvalue weighted by molar-refractivity contribution is 5.79. The number of H-pyrrole nitrogens is 1. The number of hydrogen-bond donors (Lipinski definition) is 1. The molecule has 0 amide bonds. The van der Waals surface area contributed by atoms with E-state index in [1.807, 2.05) is 19.1 Å². The van der Waals surface area contributed by atoms with E-state index >= 15 is 0 Å². The molecule has 146 valence electrons. The third-order valence-corrected chi connectivity index (χ3v) is 6.37. The molecular formula is C22H31N3O2. The zero-order valence-electron chi connectivity index (χ0n) is 16.5. The summed E-state index contributed by atoms with van der Waals surface area (Å²) in [7, 11) is 0. The van der Waals surface area contributed by atoms with E-state index in [4.69, 9.17) is 4.74 Å². The summed E-state index contributed by atoms with van der Waals surface area (Å²) in [5.74, 6) is 0.762. The van der Waals surface area contributed by atoms with Crippen LogP contribution in [0, 0.1) is 12.8 Å². The molecule has 0 bridgehead atoms. The molecular weight excluding hydrogens is 338 g/mol. The topological polar surface area (TPSA) is 48.6 Å². The predicted octanol–water partition coefficient (Wildman–Crippen LogP) is 2.77. The maximum Gasteiger partial charge on any atom is 0.189 e. The number of pyridine rings is 1. The van der Waals surface area contributed by atoms with Gasteiger partial charge >= 0.3 is 0 Å². The van der Waals surface area contributed by atoms with Gasteiger partial charge < -0.3 is 9.72 Å². The standard InChI is InChI=1S/C22H31N3O2/c1-16-3-4-21-20(13-16)22(26)14-19(23-21)15-24-7-5-18(6-8-24)17(2)25-9-11-27-12-10-25/h3-4,13-14,17-18H,5-12,15H2,1-2H3,(H,23,26). The number of hydrogen-bond acceptors (Lipinski definition) is 4. The van der Waals surface area contributed by atoms with Gasteiger partial charge in [-0.15, -0.1) is 0 Å². The first-order chi connectivity index (χ1) is 13.1. The zero-order valence-corrected chi connectivity index (χ0v) is 16.5. The Hall–Kier alpha value is -1.69. The maximum absolute atomic E-state index is 12.5. The van der Waals surface area contributed by atoms with Gasteiger partial charge in [0.1, 0.15) is 0 Å². The average Bonchev–Trinajstić information content (AvgIpc) is 2.69. The minimum atomic E-state index is 0.123. The molecule has 27 heavy (non-hydrogen) atoms. The number of ether oxygens (including phenoxy) is 1. The molecule has 1 unspecified atom stereocenters. The van der Waals surface area contributed by atoms with Gasteiger partial charge in [-0.25, -0.2) is 0 Å². The summed E-state index contributed by atoms with van der Waals surface area (Å²) in [6.45, 7) is 11.3. The SMILES string of the molecule is Cc1ccc2[nH]c(CN3CCC(C(C)N4CCOCC4)CC3)cc(=O)c2c1. The molecule has 2 aliphatic rings. The van der Waals surface area contributed by atoms with Crippen LogP contribution in [0.25, 0.3) is 10.9 Å². The van der Waals surface area contributed by atoms with E-state index in [1.165, 1.54) is 12.8 Å². The number of nitrogens with one attached hydrogen (secondary N) is 1. The van der Waals surface area contributed by atoms with Crippen LogP contribution in [0.1, 0.15) is 31.0 Å². The van der Waals surface area contributed by atoms with Crippen LogP contribution in [0.3, 0.4) is 0 Å². The molecule has 0 radical (unpaired) electrons. The van der Waals surface area contributed by atoms with Crippen LogP contribution in [0.5, 0.6) is 0 Å². The monoisotopic (exact) mass is 369 g/mol. The Labute approximate surface area is 161 Å². The lowest BCUT2D eigenvalue weighted by Gasteiger charge is -2.41. The molecule has 2 aromatic rings. The molecule has 1 atom stereocenters. The smallest absolute Gasteiger partial charge is 0.189 e. The number of morpholine rings is 1. The first-order valence-electron chi connectivity index (χ1n) is 10.3. The molecule has 1 N–H and O–H groups in total. The van der Waals surface area contributed by atoms with Gasteiger partial charge in [-0.2, -0.15) is 0 Å². The Balaban J connectivity index is 1.37. The van der Waals surface area contributed by atoms with Crippen molar-refractivity contribution in [3.8, 4) is 0 Å². The van der Waals surface area contributed by atoms with Gasteiger partial charge in [0.05, 0.1) is 13.2 Å². The lowest BCUT2D eigenvalue weighted by molar-refractivity contribution is -0.00197. The van der Waals surface area contributed by atoms with Gasteiger partial charge in [0.2, 0.25) is 0 Å². The molecule has 3 heterocycles. The number of fused-ring (bicyclic) bond motifs is 1. The molecule has 0 saturated carbocycles. The van der Waals surface area contributed by atoms with Crippen LogP contribution in [0.15, 0.2) is 29.1 Å². The number of benzene rings is 1. The van der Waals surface area contributed by atoms with E-state index in [0.717, 1.165) is 74.0 Å². The van der Waals surface area contributed by atoms with E-state index in [2.05, 4.69) is 27.8 Å². The molecule has 0 spiro atoms. The second-order valence-electron chi connectivity index (χ2n) is 8.21. The predicted molar refractivity (Wildman–Crippen MR) is 109 cm³/mol. The summed E-state index contributed by atoms with van der Waals surface area (Å²) in [6.07, 6.45) is 2.46. The highest BCUT2D eigenvalue weighted by Crippen LogP contribution is 2.25. The number of aromatic amines is 1.